The maximum atomic E-state index is 14.1. The Labute approximate surface area is 113 Å². The summed E-state index contributed by atoms with van der Waals surface area (Å²) >= 11 is 0. The van der Waals surface area contributed by atoms with E-state index in [0.717, 1.165) is 32.5 Å². The minimum absolute atomic E-state index is 0.175. The fraction of sp³-hybridized carbons (Fsp3) is 0.600. The van der Waals surface area contributed by atoms with E-state index in [9.17, 15) is 8.78 Å². The van der Waals surface area contributed by atoms with E-state index >= 15 is 0 Å². The van der Waals surface area contributed by atoms with E-state index in [1.165, 1.54) is 12.1 Å². The standard InChI is InChI=1S/C15H21F2NO/c1-10-3-4-12(16)14(15(10)17)13(18-2)9-11-5-7-19-8-6-11/h3-4,11,13,18H,5-9H2,1-2H3. The maximum absolute atomic E-state index is 14.1. The molecule has 0 radical (unpaired) electrons. The molecule has 1 aliphatic heterocycles. The normalized spacial score (nSPS) is 18.5. The lowest BCUT2D eigenvalue weighted by Crippen LogP contribution is -2.25. The quantitative estimate of drug-likeness (QED) is 0.905. The first kappa shape index (κ1) is 14.4. The molecule has 0 saturated carbocycles. The van der Waals surface area contributed by atoms with Gasteiger partial charge in [0.05, 0.1) is 0 Å². The van der Waals surface area contributed by atoms with Gasteiger partial charge in [-0.05, 0) is 50.8 Å². The van der Waals surface area contributed by atoms with E-state index in [2.05, 4.69) is 5.32 Å². The monoisotopic (exact) mass is 269 g/mol. The fourth-order valence-corrected chi connectivity index (χ4v) is 2.69. The van der Waals surface area contributed by atoms with Gasteiger partial charge < -0.3 is 10.1 Å². The number of nitrogens with one attached hydrogen (secondary N) is 1. The molecule has 2 nitrogen and oxygen atoms in total. The first-order chi connectivity index (χ1) is 9.13. The number of hydrogen-bond donors (Lipinski definition) is 1. The predicted molar refractivity (Wildman–Crippen MR) is 71.1 cm³/mol. The molecule has 0 aliphatic carbocycles. The molecule has 1 N–H and O–H groups in total. The highest BCUT2D eigenvalue weighted by Crippen LogP contribution is 2.31. The second-order valence-corrected chi connectivity index (χ2v) is 5.22. The summed E-state index contributed by atoms with van der Waals surface area (Å²) < 4.78 is 33.4. The van der Waals surface area contributed by atoms with E-state index in [0.29, 0.717) is 11.5 Å². The smallest absolute Gasteiger partial charge is 0.133 e. The highest BCUT2D eigenvalue weighted by Gasteiger charge is 2.24. The van der Waals surface area contributed by atoms with Crippen molar-refractivity contribution in [2.75, 3.05) is 20.3 Å². The molecule has 1 fully saturated rings. The second kappa shape index (κ2) is 6.44. The van der Waals surface area contributed by atoms with Crippen molar-refractivity contribution in [3.05, 3.63) is 34.9 Å². The lowest BCUT2D eigenvalue weighted by atomic mass is 9.88. The van der Waals surface area contributed by atoms with Crippen molar-refractivity contribution < 1.29 is 13.5 Å². The van der Waals surface area contributed by atoms with Crippen LogP contribution in [0.25, 0.3) is 0 Å². The van der Waals surface area contributed by atoms with Crippen LogP contribution in [0.15, 0.2) is 12.1 Å². The average Bonchev–Trinajstić information content (AvgIpc) is 2.43. The van der Waals surface area contributed by atoms with Crippen molar-refractivity contribution >= 4 is 0 Å². The maximum Gasteiger partial charge on any atom is 0.133 e. The molecule has 0 spiro atoms. The minimum Gasteiger partial charge on any atom is -0.381 e. The Morgan fingerprint density at radius 3 is 2.63 bits per heavy atom. The largest absolute Gasteiger partial charge is 0.381 e. The summed E-state index contributed by atoms with van der Waals surface area (Å²) in [4.78, 5) is 0. The molecule has 19 heavy (non-hydrogen) atoms. The zero-order valence-corrected chi connectivity index (χ0v) is 11.5. The SMILES string of the molecule is CNC(CC1CCOCC1)c1c(F)ccc(C)c1F. The molecule has 1 atom stereocenters. The van der Waals surface area contributed by atoms with Crippen LogP contribution in [0.4, 0.5) is 8.78 Å². The highest BCUT2D eigenvalue weighted by atomic mass is 19.1. The Morgan fingerprint density at radius 2 is 2.00 bits per heavy atom. The molecule has 1 unspecified atom stereocenters. The third-order valence-corrected chi connectivity index (χ3v) is 3.93. The molecule has 0 aromatic heterocycles. The summed E-state index contributed by atoms with van der Waals surface area (Å²) in [6, 6.07) is 2.56. The molecule has 4 heteroatoms. The van der Waals surface area contributed by atoms with Crippen molar-refractivity contribution in [3.63, 3.8) is 0 Å². The molecule has 1 aliphatic rings. The van der Waals surface area contributed by atoms with Crippen LogP contribution < -0.4 is 5.32 Å². The average molecular weight is 269 g/mol. The van der Waals surface area contributed by atoms with E-state index in [1.54, 1.807) is 14.0 Å². The van der Waals surface area contributed by atoms with Gasteiger partial charge in [0.25, 0.3) is 0 Å². The second-order valence-electron chi connectivity index (χ2n) is 5.22. The van der Waals surface area contributed by atoms with E-state index in [1.807, 2.05) is 0 Å². The Bertz CT molecular complexity index is 430. The van der Waals surface area contributed by atoms with E-state index in [4.69, 9.17) is 4.74 Å². The minimum atomic E-state index is -0.463. The Hall–Kier alpha value is -1.00. The summed E-state index contributed by atoms with van der Waals surface area (Å²) in [5.74, 6) is -0.425. The van der Waals surface area contributed by atoms with Crippen molar-refractivity contribution in [3.8, 4) is 0 Å². The van der Waals surface area contributed by atoms with Crippen LogP contribution in [-0.4, -0.2) is 20.3 Å². The molecule has 0 amide bonds. The van der Waals surface area contributed by atoms with Gasteiger partial charge in [-0.2, -0.15) is 0 Å². The zero-order valence-electron chi connectivity index (χ0n) is 11.5. The van der Waals surface area contributed by atoms with Crippen molar-refractivity contribution in [1.29, 1.82) is 0 Å². The van der Waals surface area contributed by atoms with Gasteiger partial charge in [0, 0.05) is 24.8 Å². The fourth-order valence-electron chi connectivity index (χ4n) is 2.69. The summed E-state index contributed by atoms with van der Waals surface area (Å²) in [5, 5.41) is 3.05. The highest BCUT2D eigenvalue weighted by molar-refractivity contribution is 5.29. The van der Waals surface area contributed by atoms with Crippen LogP contribution in [0.2, 0.25) is 0 Å². The van der Waals surface area contributed by atoms with Crippen LogP contribution in [0.1, 0.15) is 36.4 Å². The third kappa shape index (κ3) is 3.31. The van der Waals surface area contributed by atoms with Gasteiger partial charge in [0.1, 0.15) is 11.6 Å². The first-order valence-electron chi connectivity index (χ1n) is 6.83. The molecular formula is C15H21F2NO. The Kier molecular flexibility index (Phi) is 4.88. The summed E-state index contributed by atoms with van der Waals surface area (Å²) in [6.45, 7) is 3.17. The molecule has 0 bridgehead atoms. The topological polar surface area (TPSA) is 21.3 Å². The van der Waals surface area contributed by atoms with Crippen LogP contribution in [0.3, 0.4) is 0 Å². The molecule has 106 valence electrons. The molecule has 1 heterocycles. The van der Waals surface area contributed by atoms with Crippen molar-refractivity contribution in [1.82, 2.24) is 5.32 Å². The molecule has 1 aromatic rings. The van der Waals surface area contributed by atoms with Crippen LogP contribution in [0.5, 0.6) is 0 Å². The molecule has 1 saturated heterocycles. The van der Waals surface area contributed by atoms with Gasteiger partial charge in [-0.3, -0.25) is 0 Å². The number of halogens is 2. The summed E-state index contributed by atoms with van der Waals surface area (Å²) in [7, 11) is 1.76. The first-order valence-corrected chi connectivity index (χ1v) is 6.83. The molecule has 2 rings (SSSR count). The van der Waals surface area contributed by atoms with Crippen molar-refractivity contribution in [2.45, 2.75) is 32.2 Å². The van der Waals surface area contributed by atoms with Crippen LogP contribution in [-0.2, 0) is 4.74 Å². The number of benzene rings is 1. The summed E-state index contributed by atoms with van der Waals surface area (Å²) in [5.41, 5.74) is 0.664. The lowest BCUT2D eigenvalue weighted by Gasteiger charge is -2.27. The van der Waals surface area contributed by atoms with Gasteiger partial charge in [-0.15, -0.1) is 0 Å². The number of aryl methyl sites for hydroxylation is 1. The van der Waals surface area contributed by atoms with Gasteiger partial charge >= 0.3 is 0 Å². The zero-order chi connectivity index (χ0) is 13.8. The Morgan fingerprint density at radius 1 is 1.32 bits per heavy atom. The predicted octanol–water partition coefficient (Wildman–Crippen LogP) is 3.35. The number of hydrogen-bond acceptors (Lipinski definition) is 2. The van der Waals surface area contributed by atoms with Gasteiger partial charge in [-0.1, -0.05) is 6.07 Å². The van der Waals surface area contributed by atoms with E-state index < -0.39 is 11.6 Å². The number of rotatable bonds is 4. The Balaban J connectivity index is 2.19. The van der Waals surface area contributed by atoms with Crippen LogP contribution >= 0.6 is 0 Å². The van der Waals surface area contributed by atoms with Gasteiger partial charge in [0.15, 0.2) is 0 Å². The van der Waals surface area contributed by atoms with Crippen molar-refractivity contribution in [2.24, 2.45) is 5.92 Å². The molecule has 1 aromatic carbocycles. The molecular weight excluding hydrogens is 248 g/mol. The van der Waals surface area contributed by atoms with Gasteiger partial charge in [0.2, 0.25) is 0 Å². The summed E-state index contributed by atoms with van der Waals surface area (Å²) in [6.07, 6.45) is 2.68. The van der Waals surface area contributed by atoms with E-state index in [-0.39, 0.29) is 11.6 Å². The lowest BCUT2D eigenvalue weighted by molar-refractivity contribution is 0.0605. The number of ether oxygens (including phenoxy) is 1. The third-order valence-electron chi connectivity index (χ3n) is 3.93. The van der Waals surface area contributed by atoms with Crippen LogP contribution in [0, 0.1) is 24.5 Å². The van der Waals surface area contributed by atoms with Gasteiger partial charge in [-0.25, -0.2) is 8.78 Å².